The number of amides is 1. The summed E-state index contributed by atoms with van der Waals surface area (Å²) in [6.07, 6.45) is -4.46. The minimum absolute atomic E-state index is 0.0920. The van der Waals surface area contributed by atoms with Crippen LogP contribution in [0, 0.1) is 5.41 Å². The van der Waals surface area contributed by atoms with Gasteiger partial charge in [-0.25, -0.2) is 0 Å². The third kappa shape index (κ3) is 3.39. The Kier molecular flexibility index (Phi) is 4.67. The smallest absolute Gasteiger partial charge is 0.346 e. The zero-order chi connectivity index (χ0) is 20.0. The molecule has 1 saturated heterocycles. The number of hydrogen-bond acceptors (Lipinski definition) is 2. The molecule has 1 aliphatic rings. The second kappa shape index (κ2) is 6.56. The minimum atomic E-state index is -4.46. The van der Waals surface area contributed by atoms with Gasteiger partial charge in [-0.2, -0.15) is 13.2 Å². The van der Waals surface area contributed by atoms with Crippen LogP contribution in [0.5, 0.6) is 0 Å². The number of rotatable bonds is 2. The summed E-state index contributed by atoms with van der Waals surface area (Å²) >= 11 is 6.09. The van der Waals surface area contributed by atoms with E-state index in [1.54, 1.807) is 31.2 Å². The van der Waals surface area contributed by atoms with Crippen LogP contribution in [0.3, 0.4) is 0 Å². The summed E-state index contributed by atoms with van der Waals surface area (Å²) in [7, 11) is 1.45. The van der Waals surface area contributed by atoms with Crippen molar-refractivity contribution < 1.29 is 18.0 Å². The Morgan fingerprint density at radius 2 is 1.81 bits per heavy atom. The quantitative estimate of drug-likeness (QED) is 0.794. The van der Waals surface area contributed by atoms with Crippen LogP contribution in [-0.2, 0) is 16.5 Å². The second-order valence-corrected chi connectivity index (χ2v) is 7.07. The van der Waals surface area contributed by atoms with Gasteiger partial charge in [-0.15, -0.1) is 0 Å². The summed E-state index contributed by atoms with van der Waals surface area (Å²) in [6, 6.07) is 11.4. The SMILES string of the molecule is CN1C(=N)N[C@](C)(c2cccc(Cl)c2)[C@@H](c2ccc(C(F)(F)F)cc2)C1=O. The number of carbonyl (C=O) groups is 1. The van der Waals surface area contributed by atoms with E-state index in [1.165, 1.54) is 19.2 Å². The van der Waals surface area contributed by atoms with Crippen molar-refractivity contribution in [3.05, 3.63) is 70.2 Å². The minimum Gasteiger partial charge on any atom is -0.346 e. The summed E-state index contributed by atoms with van der Waals surface area (Å²) in [5, 5.41) is 11.5. The third-order valence-corrected chi connectivity index (χ3v) is 5.10. The molecule has 2 aromatic rings. The number of benzene rings is 2. The Hall–Kier alpha value is -2.54. The van der Waals surface area contributed by atoms with Gasteiger partial charge >= 0.3 is 6.18 Å². The first-order valence-corrected chi connectivity index (χ1v) is 8.49. The van der Waals surface area contributed by atoms with Crippen molar-refractivity contribution in [2.75, 3.05) is 7.05 Å². The Labute approximate surface area is 159 Å². The number of hydrogen-bond donors (Lipinski definition) is 2. The molecule has 0 aromatic heterocycles. The summed E-state index contributed by atoms with van der Waals surface area (Å²) in [5.41, 5.74) is -0.757. The number of halogens is 4. The van der Waals surface area contributed by atoms with Crippen molar-refractivity contribution in [2.24, 2.45) is 0 Å². The molecule has 0 saturated carbocycles. The lowest BCUT2D eigenvalue weighted by atomic mass is 9.73. The lowest BCUT2D eigenvalue weighted by Gasteiger charge is -2.46. The van der Waals surface area contributed by atoms with E-state index in [2.05, 4.69) is 5.32 Å². The number of carbonyl (C=O) groups excluding carboxylic acids is 1. The molecule has 0 unspecified atom stereocenters. The highest BCUT2D eigenvalue weighted by atomic mass is 35.5. The molecule has 4 nitrogen and oxygen atoms in total. The Morgan fingerprint density at radius 1 is 1.19 bits per heavy atom. The fourth-order valence-corrected chi connectivity index (χ4v) is 3.53. The van der Waals surface area contributed by atoms with E-state index >= 15 is 0 Å². The number of alkyl halides is 3. The van der Waals surface area contributed by atoms with E-state index in [1.807, 2.05) is 0 Å². The predicted octanol–water partition coefficient (Wildman–Crippen LogP) is 4.35. The Morgan fingerprint density at radius 3 is 2.37 bits per heavy atom. The number of nitrogens with one attached hydrogen (secondary N) is 2. The predicted molar refractivity (Wildman–Crippen MR) is 96.6 cm³/mol. The molecule has 0 aliphatic carbocycles. The second-order valence-electron chi connectivity index (χ2n) is 6.64. The zero-order valence-corrected chi connectivity index (χ0v) is 15.3. The van der Waals surface area contributed by atoms with Crippen molar-refractivity contribution in [3.8, 4) is 0 Å². The first kappa shape index (κ1) is 19.2. The zero-order valence-electron chi connectivity index (χ0n) is 14.6. The fourth-order valence-electron chi connectivity index (χ4n) is 3.34. The lowest BCUT2D eigenvalue weighted by Crippen LogP contribution is -2.62. The van der Waals surface area contributed by atoms with Crippen molar-refractivity contribution >= 4 is 23.5 Å². The van der Waals surface area contributed by atoms with Gasteiger partial charge in [-0.3, -0.25) is 15.1 Å². The molecule has 0 spiro atoms. The summed E-state index contributed by atoms with van der Waals surface area (Å²) in [4.78, 5) is 14.1. The van der Waals surface area contributed by atoms with Gasteiger partial charge in [0, 0.05) is 12.1 Å². The molecule has 1 fully saturated rings. The molecule has 0 radical (unpaired) electrons. The van der Waals surface area contributed by atoms with Gasteiger partial charge in [0.05, 0.1) is 17.0 Å². The van der Waals surface area contributed by atoms with Crippen molar-refractivity contribution in [1.82, 2.24) is 10.2 Å². The Balaban J connectivity index is 2.13. The third-order valence-electron chi connectivity index (χ3n) is 4.86. The van der Waals surface area contributed by atoms with Crippen molar-refractivity contribution in [3.63, 3.8) is 0 Å². The highest BCUT2D eigenvalue weighted by Crippen LogP contribution is 2.42. The summed E-state index contributed by atoms with van der Waals surface area (Å²) in [5.74, 6) is -1.32. The first-order chi connectivity index (χ1) is 12.5. The van der Waals surface area contributed by atoms with E-state index in [9.17, 15) is 18.0 Å². The van der Waals surface area contributed by atoms with Crippen LogP contribution in [0.2, 0.25) is 5.02 Å². The van der Waals surface area contributed by atoms with Gasteiger partial charge in [-0.05, 0) is 42.3 Å². The molecule has 2 atom stereocenters. The van der Waals surface area contributed by atoms with E-state index in [0.717, 1.165) is 17.0 Å². The van der Waals surface area contributed by atoms with Gasteiger partial charge in [0.25, 0.3) is 0 Å². The van der Waals surface area contributed by atoms with Crippen LogP contribution < -0.4 is 5.32 Å². The summed E-state index contributed by atoms with van der Waals surface area (Å²) in [6.45, 7) is 1.74. The molecular weight excluding hydrogens is 379 g/mol. The molecule has 0 bridgehead atoms. The molecule has 8 heteroatoms. The highest BCUT2D eigenvalue weighted by Gasteiger charge is 2.48. The van der Waals surface area contributed by atoms with Crippen LogP contribution >= 0.6 is 11.6 Å². The average Bonchev–Trinajstić information content (AvgIpc) is 2.59. The van der Waals surface area contributed by atoms with Crippen LogP contribution in [0.4, 0.5) is 13.2 Å². The fraction of sp³-hybridized carbons (Fsp3) is 0.263. The van der Waals surface area contributed by atoms with E-state index in [-0.39, 0.29) is 11.9 Å². The molecule has 2 N–H and O–H groups in total. The molecular formula is C19H17ClF3N3O. The molecule has 2 aromatic carbocycles. The van der Waals surface area contributed by atoms with Crippen LogP contribution in [-0.4, -0.2) is 23.8 Å². The molecule has 27 heavy (non-hydrogen) atoms. The van der Waals surface area contributed by atoms with Crippen LogP contribution in [0.1, 0.15) is 29.5 Å². The normalized spacial score (nSPS) is 23.3. The molecule has 1 aliphatic heterocycles. The van der Waals surface area contributed by atoms with E-state index < -0.39 is 23.2 Å². The number of nitrogens with zero attached hydrogens (tertiary/aromatic N) is 1. The van der Waals surface area contributed by atoms with Gasteiger partial charge in [-0.1, -0.05) is 35.9 Å². The topological polar surface area (TPSA) is 56.2 Å². The largest absolute Gasteiger partial charge is 0.416 e. The lowest BCUT2D eigenvalue weighted by molar-refractivity contribution is -0.137. The number of likely N-dealkylation sites (N-methyl/N-ethyl adjacent to an activating group) is 1. The standard InChI is InChI=1S/C19H17ClF3N3O/c1-18(13-4-3-5-14(20)10-13)15(16(27)26(2)17(24)25-18)11-6-8-12(9-7-11)19(21,22)23/h3-10,15H,1-2H3,(H2,24,25)/t15-,18+/m0/s1. The molecule has 1 heterocycles. The molecule has 3 rings (SSSR count). The van der Waals surface area contributed by atoms with Gasteiger partial charge < -0.3 is 5.32 Å². The van der Waals surface area contributed by atoms with Crippen LogP contribution in [0.25, 0.3) is 0 Å². The average molecular weight is 396 g/mol. The van der Waals surface area contributed by atoms with E-state index in [4.69, 9.17) is 17.0 Å². The monoisotopic (exact) mass is 395 g/mol. The molecule has 1 amide bonds. The number of guanidine groups is 1. The van der Waals surface area contributed by atoms with Gasteiger partial charge in [0.1, 0.15) is 0 Å². The van der Waals surface area contributed by atoms with E-state index in [0.29, 0.717) is 16.1 Å². The van der Waals surface area contributed by atoms with Crippen LogP contribution in [0.15, 0.2) is 48.5 Å². The highest BCUT2D eigenvalue weighted by molar-refractivity contribution is 6.30. The Bertz CT molecular complexity index is 898. The maximum Gasteiger partial charge on any atom is 0.416 e. The summed E-state index contributed by atoms with van der Waals surface area (Å²) < 4.78 is 38.6. The maximum absolute atomic E-state index is 13.0. The van der Waals surface area contributed by atoms with Gasteiger partial charge in [0.15, 0.2) is 5.96 Å². The van der Waals surface area contributed by atoms with Crippen molar-refractivity contribution in [2.45, 2.75) is 24.6 Å². The van der Waals surface area contributed by atoms with Crippen molar-refractivity contribution in [1.29, 1.82) is 5.41 Å². The molecule has 142 valence electrons. The van der Waals surface area contributed by atoms with Gasteiger partial charge in [0.2, 0.25) is 5.91 Å². The first-order valence-electron chi connectivity index (χ1n) is 8.11. The maximum atomic E-state index is 13.0.